The molecule has 112 valence electrons. The monoisotopic (exact) mass is 276 g/mol. The van der Waals surface area contributed by atoms with Crippen molar-refractivity contribution in [1.82, 2.24) is 4.90 Å². The second-order valence-electron chi connectivity index (χ2n) is 5.92. The molecule has 0 amide bonds. The average Bonchev–Trinajstić information content (AvgIpc) is 2.46. The molecule has 0 saturated carbocycles. The molecule has 1 aromatic rings. The molecule has 2 rings (SSSR count). The Hall–Kier alpha value is -1.06. The second-order valence-corrected chi connectivity index (χ2v) is 5.92. The molecule has 0 spiro atoms. The zero-order valence-electron chi connectivity index (χ0n) is 12.8. The Morgan fingerprint density at radius 1 is 1.25 bits per heavy atom. The summed E-state index contributed by atoms with van der Waals surface area (Å²) in [7, 11) is 0. The van der Waals surface area contributed by atoms with Crippen molar-refractivity contribution in [3.63, 3.8) is 0 Å². The summed E-state index contributed by atoms with van der Waals surface area (Å²) in [6.45, 7) is 7.19. The van der Waals surface area contributed by atoms with Crippen LogP contribution < -0.4 is 10.5 Å². The van der Waals surface area contributed by atoms with Crippen LogP contribution in [0.3, 0.4) is 0 Å². The Balaban J connectivity index is 1.72. The number of piperidine rings is 1. The Morgan fingerprint density at radius 2 is 2.00 bits per heavy atom. The lowest BCUT2D eigenvalue weighted by atomic mass is 9.97. The lowest BCUT2D eigenvalue weighted by molar-refractivity contribution is 0.0961. The summed E-state index contributed by atoms with van der Waals surface area (Å²) in [6.07, 6.45) is 5.14. The fourth-order valence-corrected chi connectivity index (χ4v) is 3.11. The van der Waals surface area contributed by atoms with E-state index in [1.54, 1.807) is 0 Å². The average molecular weight is 276 g/mol. The van der Waals surface area contributed by atoms with Crippen molar-refractivity contribution >= 4 is 0 Å². The summed E-state index contributed by atoms with van der Waals surface area (Å²) in [5.74, 6) is 0.938. The van der Waals surface area contributed by atoms with Crippen molar-refractivity contribution in [2.24, 2.45) is 5.73 Å². The fourth-order valence-electron chi connectivity index (χ4n) is 3.11. The van der Waals surface area contributed by atoms with Gasteiger partial charge < -0.3 is 10.5 Å². The van der Waals surface area contributed by atoms with Crippen molar-refractivity contribution in [3.8, 4) is 5.75 Å². The van der Waals surface area contributed by atoms with Gasteiger partial charge in [-0.15, -0.1) is 0 Å². The predicted octanol–water partition coefficient (Wildman–Crippen LogP) is 3.18. The fraction of sp³-hybridized carbons (Fsp3) is 0.647. The number of ether oxygens (including phenoxy) is 1. The van der Waals surface area contributed by atoms with Crippen LogP contribution in [0.5, 0.6) is 5.75 Å². The first-order chi connectivity index (χ1) is 9.70. The first kappa shape index (κ1) is 15.3. The third-order valence-corrected chi connectivity index (χ3v) is 4.34. The molecule has 1 aliphatic rings. The van der Waals surface area contributed by atoms with Gasteiger partial charge in [0, 0.05) is 25.2 Å². The van der Waals surface area contributed by atoms with Crippen LogP contribution >= 0.6 is 0 Å². The summed E-state index contributed by atoms with van der Waals surface area (Å²) >= 11 is 0. The van der Waals surface area contributed by atoms with Gasteiger partial charge in [0.15, 0.2) is 0 Å². The van der Waals surface area contributed by atoms with Crippen LogP contribution in [0, 0.1) is 0 Å². The lowest BCUT2D eigenvalue weighted by Gasteiger charge is -2.39. The van der Waals surface area contributed by atoms with Crippen LogP contribution in [0.4, 0.5) is 0 Å². The van der Waals surface area contributed by atoms with Gasteiger partial charge in [0.05, 0.1) is 6.61 Å². The summed E-state index contributed by atoms with van der Waals surface area (Å²) in [5, 5.41) is 0. The molecule has 2 N–H and O–H groups in total. The number of nitrogens with zero attached hydrogens (tertiary/aromatic N) is 1. The predicted molar refractivity (Wildman–Crippen MR) is 83.9 cm³/mol. The molecule has 2 atom stereocenters. The largest absolute Gasteiger partial charge is 0.494 e. The van der Waals surface area contributed by atoms with Gasteiger partial charge in [-0.2, -0.15) is 0 Å². The number of benzene rings is 1. The molecule has 0 aromatic heterocycles. The topological polar surface area (TPSA) is 38.5 Å². The van der Waals surface area contributed by atoms with Gasteiger partial charge in [-0.1, -0.05) is 18.6 Å². The molecule has 2 unspecified atom stereocenters. The molecule has 1 saturated heterocycles. The highest BCUT2D eigenvalue weighted by molar-refractivity contribution is 5.28. The van der Waals surface area contributed by atoms with E-state index in [1.807, 2.05) is 24.3 Å². The number of hydrogen-bond donors (Lipinski definition) is 1. The van der Waals surface area contributed by atoms with E-state index in [4.69, 9.17) is 10.5 Å². The van der Waals surface area contributed by atoms with Crippen molar-refractivity contribution in [3.05, 3.63) is 29.8 Å². The minimum atomic E-state index is 0.569. The third kappa shape index (κ3) is 4.22. The first-order valence-electron chi connectivity index (χ1n) is 7.88. The van der Waals surface area contributed by atoms with Crippen molar-refractivity contribution in [1.29, 1.82) is 0 Å². The van der Waals surface area contributed by atoms with Gasteiger partial charge >= 0.3 is 0 Å². The number of nitrogens with two attached hydrogens (primary N) is 1. The maximum Gasteiger partial charge on any atom is 0.119 e. The Morgan fingerprint density at radius 3 is 2.70 bits per heavy atom. The molecular formula is C17H28N2O. The molecular weight excluding hydrogens is 248 g/mol. The smallest absolute Gasteiger partial charge is 0.119 e. The molecule has 0 aliphatic carbocycles. The molecule has 20 heavy (non-hydrogen) atoms. The van der Waals surface area contributed by atoms with Gasteiger partial charge in [0.1, 0.15) is 5.75 Å². The van der Waals surface area contributed by atoms with E-state index in [1.165, 1.54) is 19.3 Å². The highest BCUT2D eigenvalue weighted by Gasteiger charge is 2.23. The van der Waals surface area contributed by atoms with Crippen LogP contribution in [0.2, 0.25) is 0 Å². The van der Waals surface area contributed by atoms with Crippen LogP contribution in [-0.2, 0) is 6.54 Å². The summed E-state index contributed by atoms with van der Waals surface area (Å²) in [6, 6.07) is 9.52. The Bertz CT molecular complexity index is 398. The quantitative estimate of drug-likeness (QED) is 0.811. The molecule has 1 fully saturated rings. The minimum absolute atomic E-state index is 0.569. The van der Waals surface area contributed by atoms with E-state index in [0.29, 0.717) is 6.54 Å². The van der Waals surface area contributed by atoms with Gasteiger partial charge in [0.25, 0.3) is 0 Å². The maximum atomic E-state index is 5.83. The SMILES string of the molecule is CC1CCCC(C)N1CCCOc1cccc(CN)c1. The van der Waals surface area contributed by atoms with Gasteiger partial charge in [-0.3, -0.25) is 4.90 Å². The number of likely N-dealkylation sites (tertiary alicyclic amines) is 1. The normalized spacial score (nSPS) is 23.8. The van der Waals surface area contributed by atoms with Gasteiger partial charge in [-0.25, -0.2) is 0 Å². The van der Waals surface area contributed by atoms with E-state index in [0.717, 1.165) is 43.0 Å². The molecule has 1 aliphatic heterocycles. The first-order valence-corrected chi connectivity index (χ1v) is 7.88. The summed E-state index contributed by atoms with van der Waals surface area (Å²) in [5.41, 5.74) is 6.77. The van der Waals surface area contributed by atoms with E-state index in [9.17, 15) is 0 Å². The highest BCUT2D eigenvalue weighted by atomic mass is 16.5. The molecule has 3 heteroatoms. The Labute approximate surface area is 123 Å². The highest BCUT2D eigenvalue weighted by Crippen LogP contribution is 2.22. The molecule has 1 heterocycles. The molecule has 0 bridgehead atoms. The van der Waals surface area contributed by atoms with Crippen LogP contribution in [0.15, 0.2) is 24.3 Å². The molecule has 0 radical (unpaired) electrons. The van der Waals surface area contributed by atoms with E-state index in [2.05, 4.69) is 18.7 Å². The van der Waals surface area contributed by atoms with Crippen molar-refractivity contribution < 1.29 is 4.74 Å². The van der Waals surface area contributed by atoms with E-state index in [-0.39, 0.29) is 0 Å². The number of rotatable bonds is 6. The van der Waals surface area contributed by atoms with E-state index >= 15 is 0 Å². The van der Waals surface area contributed by atoms with Crippen LogP contribution in [0.25, 0.3) is 0 Å². The van der Waals surface area contributed by atoms with E-state index < -0.39 is 0 Å². The minimum Gasteiger partial charge on any atom is -0.494 e. The van der Waals surface area contributed by atoms with Crippen molar-refractivity contribution in [2.45, 2.75) is 58.2 Å². The summed E-state index contributed by atoms with van der Waals surface area (Å²) < 4.78 is 5.83. The standard InChI is InChI=1S/C17H28N2O/c1-14-6-3-7-15(2)19(14)10-5-11-20-17-9-4-8-16(12-17)13-18/h4,8-9,12,14-15H,3,5-7,10-11,13,18H2,1-2H3. The molecule has 3 nitrogen and oxygen atoms in total. The zero-order chi connectivity index (χ0) is 14.4. The maximum absolute atomic E-state index is 5.83. The molecule has 1 aromatic carbocycles. The van der Waals surface area contributed by atoms with Crippen LogP contribution in [0.1, 0.15) is 45.1 Å². The van der Waals surface area contributed by atoms with Crippen molar-refractivity contribution in [2.75, 3.05) is 13.2 Å². The lowest BCUT2D eigenvalue weighted by Crippen LogP contribution is -2.44. The Kier molecular flexibility index (Phi) is 5.86. The van der Waals surface area contributed by atoms with Crippen LogP contribution in [-0.4, -0.2) is 30.1 Å². The van der Waals surface area contributed by atoms with Gasteiger partial charge in [-0.05, 0) is 50.8 Å². The van der Waals surface area contributed by atoms with Gasteiger partial charge in [0.2, 0.25) is 0 Å². The summed E-state index contributed by atoms with van der Waals surface area (Å²) in [4.78, 5) is 2.63. The third-order valence-electron chi connectivity index (χ3n) is 4.34. The zero-order valence-corrected chi connectivity index (χ0v) is 12.8. The second kappa shape index (κ2) is 7.65. The number of hydrogen-bond acceptors (Lipinski definition) is 3.